The first-order chi connectivity index (χ1) is 13.3. The van der Waals surface area contributed by atoms with Crippen LogP contribution < -0.4 is 4.74 Å². The molecule has 6 heteroatoms. The van der Waals surface area contributed by atoms with Gasteiger partial charge in [0, 0.05) is 5.56 Å². The fourth-order valence-electron chi connectivity index (χ4n) is 2.65. The van der Waals surface area contributed by atoms with Gasteiger partial charge in [0.15, 0.2) is 5.82 Å². The van der Waals surface area contributed by atoms with Gasteiger partial charge in [-0.25, -0.2) is 0 Å². The van der Waals surface area contributed by atoms with Gasteiger partial charge >= 0.3 is 0 Å². The molecule has 0 radical (unpaired) electrons. The highest BCUT2D eigenvalue weighted by Gasteiger charge is 2.12. The fourth-order valence-corrected chi connectivity index (χ4v) is 3.39. The van der Waals surface area contributed by atoms with Gasteiger partial charge in [0.25, 0.3) is 0 Å². The fraction of sp³-hybridized carbons (Fsp3) is 0.190. The zero-order chi connectivity index (χ0) is 18.5. The van der Waals surface area contributed by atoms with E-state index in [1.807, 2.05) is 54.6 Å². The van der Waals surface area contributed by atoms with Crippen LogP contribution in [-0.2, 0) is 0 Å². The number of ether oxygens (including phenoxy) is 1. The number of hydrogen-bond acceptors (Lipinski definition) is 5. The molecular weight excluding hydrogens is 356 g/mol. The summed E-state index contributed by atoms with van der Waals surface area (Å²) in [6.07, 6.45) is 6.24. The van der Waals surface area contributed by atoms with Crippen molar-refractivity contribution in [2.24, 2.45) is 0 Å². The molecule has 0 N–H and O–H groups in total. The highest BCUT2D eigenvalue weighted by Crippen LogP contribution is 2.24. The van der Waals surface area contributed by atoms with E-state index in [4.69, 9.17) is 4.74 Å². The van der Waals surface area contributed by atoms with Crippen molar-refractivity contribution in [1.82, 2.24) is 19.8 Å². The first-order valence-electron chi connectivity index (χ1n) is 9.02. The van der Waals surface area contributed by atoms with E-state index >= 15 is 0 Å². The molecule has 0 saturated carbocycles. The lowest BCUT2D eigenvalue weighted by Gasteiger charge is -2.05. The van der Waals surface area contributed by atoms with Gasteiger partial charge in [0.05, 0.1) is 6.61 Å². The first-order valence-corrected chi connectivity index (χ1v) is 9.84. The molecule has 0 saturated heterocycles. The highest BCUT2D eigenvalue weighted by atomic mass is 32.1. The summed E-state index contributed by atoms with van der Waals surface area (Å²) in [6, 6.07) is 18.1. The lowest BCUT2D eigenvalue weighted by atomic mass is 10.2. The van der Waals surface area contributed by atoms with Gasteiger partial charge in [-0.3, -0.25) is 0 Å². The van der Waals surface area contributed by atoms with Gasteiger partial charge in [0.1, 0.15) is 10.8 Å². The average Bonchev–Trinajstić information content (AvgIpc) is 3.28. The van der Waals surface area contributed by atoms with Crippen molar-refractivity contribution < 1.29 is 4.74 Å². The molecule has 2 aromatic carbocycles. The van der Waals surface area contributed by atoms with Crippen LogP contribution in [0.25, 0.3) is 28.5 Å². The van der Waals surface area contributed by atoms with Crippen LogP contribution in [0.15, 0.2) is 54.6 Å². The van der Waals surface area contributed by atoms with E-state index in [1.165, 1.54) is 11.3 Å². The zero-order valence-electron chi connectivity index (χ0n) is 15.1. The predicted molar refractivity (Wildman–Crippen MR) is 110 cm³/mol. The smallest absolute Gasteiger partial charge is 0.235 e. The summed E-state index contributed by atoms with van der Waals surface area (Å²) < 4.78 is 7.51. The predicted octanol–water partition coefficient (Wildman–Crippen LogP) is 5.20. The molecule has 5 nitrogen and oxygen atoms in total. The van der Waals surface area contributed by atoms with E-state index in [2.05, 4.69) is 34.4 Å². The Morgan fingerprint density at radius 3 is 2.59 bits per heavy atom. The number of aromatic nitrogens is 4. The molecule has 0 amide bonds. The molecule has 0 fully saturated rings. The molecule has 0 atom stereocenters. The molecule has 0 bridgehead atoms. The Morgan fingerprint density at radius 1 is 1.00 bits per heavy atom. The van der Waals surface area contributed by atoms with Gasteiger partial charge < -0.3 is 4.74 Å². The summed E-state index contributed by atoms with van der Waals surface area (Å²) in [7, 11) is 0. The third-order valence-corrected chi connectivity index (χ3v) is 4.97. The summed E-state index contributed by atoms with van der Waals surface area (Å²) in [5, 5.41) is 14.1. The second kappa shape index (κ2) is 8.14. The van der Waals surface area contributed by atoms with Crippen molar-refractivity contribution in [1.29, 1.82) is 0 Å². The highest BCUT2D eigenvalue weighted by molar-refractivity contribution is 7.17. The van der Waals surface area contributed by atoms with Crippen LogP contribution in [0.3, 0.4) is 0 Å². The maximum Gasteiger partial charge on any atom is 0.235 e. The molecule has 0 spiro atoms. The van der Waals surface area contributed by atoms with Gasteiger partial charge in [-0.1, -0.05) is 61.1 Å². The second-order valence-electron chi connectivity index (χ2n) is 6.13. The van der Waals surface area contributed by atoms with Crippen LogP contribution in [0.2, 0.25) is 0 Å². The van der Waals surface area contributed by atoms with Gasteiger partial charge in [-0.15, -0.1) is 10.2 Å². The monoisotopic (exact) mass is 376 g/mol. The second-order valence-corrected chi connectivity index (χ2v) is 7.12. The largest absolute Gasteiger partial charge is 0.494 e. The van der Waals surface area contributed by atoms with Crippen molar-refractivity contribution >= 4 is 28.4 Å². The summed E-state index contributed by atoms with van der Waals surface area (Å²) in [6.45, 7) is 2.90. The van der Waals surface area contributed by atoms with Gasteiger partial charge in [-0.2, -0.15) is 9.61 Å². The zero-order valence-corrected chi connectivity index (χ0v) is 15.9. The van der Waals surface area contributed by atoms with Gasteiger partial charge in [-0.05, 0) is 42.3 Å². The molecule has 0 aliphatic heterocycles. The van der Waals surface area contributed by atoms with Crippen molar-refractivity contribution in [3.63, 3.8) is 0 Å². The Labute approximate surface area is 162 Å². The van der Waals surface area contributed by atoms with Crippen LogP contribution in [0.4, 0.5) is 0 Å². The van der Waals surface area contributed by atoms with Crippen molar-refractivity contribution in [3.05, 3.63) is 65.2 Å². The molecule has 4 rings (SSSR count). The maximum absolute atomic E-state index is 5.72. The number of fused-ring (bicyclic) bond motifs is 1. The Hall–Kier alpha value is -2.99. The molecule has 27 heavy (non-hydrogen) atoms. The number of nitrogens with zero attached hydrogens (tertiary/aromatic N) is 4. The van der Waals surface area contributed by atoms with E-state index in [-0.39, 0.29) is 0 Å². The summed E-state index contributed by atoms with van der Waals surface area (Å²) in [4.78, 5) is 0.779. The molecule has 2 aromatic heterocycles. The minimum Gasteiger partial charge on any atom is -0.494 e. The van der Waals surface area contributed by atoms with Crippen molar-refractivity contribution in [2.45, 2.75) is 19.8 Å². The van der Waals surface area contributed by atoms with Crippen LogP contribution in [0.5, 0.6) is 5.75 Å². The van der Waals surface area contributed by atoms with Crippen molar-refractivity contribution in [2.75, 3.05) is 6.61 Å². The van der Waals surface area contributed by atoms with Crippen molar-refractivity contribution in [3.8, 4) is 17.1 Å². The summed E-state index contributed by atoms with van der Waals surface area (Å²) in [5.74, 6) is 1.61. The number of benzene rings is 2. The Bertz CT molecular complexity index is 1040. The van der Waals surface area contributed by atoms with Crippen LogP contribution in [-0.4, -0.2) is 26.4 Å². The van der Waals surface area contributed by atoms with Crippen LogP contribution in [0, 0.1) is 0 Å². The lowest BCUT2D eigenvalue weighted by molar-refractivity contribution is 0.309. The number of unbranched alkanes of at least 4 members (excludes halogenated alkanes) is 1. The molecule has 0 unspecified atom stereocenters. The van der Waals surface area contributed by atoms with E-state index in [0.29, 0.717) is 0 Å². The van der Waals surface area contributed by atoms with E-state index < -0.39 is 0 Å². The third-order valence-electron chi connectivity index (χ3n) is 4.10. The molecule has 0 aliphatic rings. The molecule has 4 aromatic rings. The number of rotatable bonds is 7. The first kappa shape index (κ1) is 17.4. The summed E-state index contributed by atoms with van der Waals surface area (Å²) >= 11 is 1.52. The maximum atomic E-state index is 5.72. The molecule has 0 aliphatic carbocycles. The van der Waals surface area contributed by atoms with E-state index in [1.54, 1.807) is 4.52 Å². The Balaban J connectivity index is 1.54. The SMILES string of the molecule is CCCCOc1ccc(-c2nnc3sc(/C=C/c4ccccc4)nn23)cc1. The third kappa shape index (κ3) is 4.06. The normalized spacial score (nSPS) is 11.4. The molecular formula is C21H20N4OS. The topological polar surface area (TPSA) is 52.3 Å². The van der Waals surface area contributed by atoms with E-state index in [0.717, 1.165) is 52.1 Å². The average molecular weight is 376 g/mol. The molecule has 2 heterocycles. The minimum atomic E-state index is 0.737. The van der Waals surface area contributed by atoms with Gasteiger partial charge in [0.2, 0.25) is 4.96 Å². The van der Waals surface area contributed by atoms with Crippen LogP contribution in [0.1, 0.15) is 30.3 Å². The Morgan fingerprint density at radius 2 is 1.81 bits per heavy atom. The van der Waals surface area contributed by atoms with E-state index in [9.17, 15) is 0 Å². The summed E-state index contributed by atoms with van der Waals surface area (Å²) in [5.41, 5.74) is 2.11. The standard InChI is InChI=1S/C21H20N4OS/c1-2-3-15-26-18-12-10-17(11-13-18)20-22-23-21-25(20)24-19(27-21)14-9-16-7-5-4-6-8-16/h4-14H,2-3,15H2,1H3/b14-9+. The lowest BCUT2D eigenvalue weighted by Crippen LogP contribution is -1.96. The number of hydrogen-bond donors (Lipinski definition) is 0. The quantitative estimate of drug-likeness (QED) is 0.416. The molecule has 136 valence electrons. The Kier molecular flexibility index (Phi) is 5.25. The van der Waals surface area contributed by atoms with Crippen LogP contribution >= 0.6 is 11.3 Å². The minimum absolute atomic E-state index is 0.737.